The lowest BCUT2D eigenvalue weighted by atomic mass is 10.1. The standard InChI is InChI=1S/C28H46N6O5S2/c1-17(2)13-38-21(7)24(33-27(36)34(8)12-22-15-40-26(32-22)18(3)4)25(35)30-19(5)9-10-20(6)31-28(37)39-14-23-11-29-16-41-23/h11,15-21,24H,9-10,12-14H2,1-8H3,(H,30,35)(H,31,37)(H,33,36). The molecule has 0 fully saturated rings. The maximum atomic E-state index is 13.3. The van der Waals surface area contributed by atoms with E-state index in [9.17, 15) is 14.4 Å². The van der Waals surface area contributed by atoms with Gasteiger partial charge in [-0.3, -0.25) is 9.78 Å². The number of carbonyl (C=O) groups excluding carboxylic acids is 3. The van der Waals surface area contributed by atoms with E-state index in [2.05, 4.69) is 39.8 Å². The van der Waals surface area contributed by atoms with E-state index in [1.807, 2.05) is 33.1 Å². The highest BCUT2D eigenvalue weighted by molar-refractivity contribution is 7.09. The molecule has 230 valence electrons. The number of urea groups is 1. The molecule has 0 aliphatic rings. The molecule has 41 heavy (non-hydrogen) atoms. The number of nitrogens with zero attached hydrogens (tertiary/aromatic N) is 3. The third kappa shape index (κ3) is 12.7. The lowest BCUT2D eigenvalue weighted by Crippen LogP contribution is -2.57. The zero-order valence-electron chi connectivity index (χ0n) is 25.4. The van der Waals surface area contributed by atoms with Crippen LogP contribution in [0.3, 0.4) is 0 Å². The van der Waals surface area contributed by atoms with Crippen molar-refractivity contribution in [2.75, 3.05) is 13.7 Å². The number of hydrogen-bond donors (Lipinski definition) is 3. The molecule has 13 heteroatoms. The first-order valence-electron chi connectivity index (χ1n) is 14.0. The number of alkyl carbamates (subject to hydrolysis) is 1. The van der Waals surface area contributed by atoms with Gasteiger partial charge in [-0.15, -0.1) is 22.7 Å². The van der Waals surface area contributed by atoms with Crippen LogP contribution in [0.1, 0.15) is 82.8 Å². The van der Waals surface area contributed by atoms with Gasteiger partial charge in [0.25, 0.3) is 0 Å². The van der Waals surface area contributed by atoms with Gasteiger partial charge in [-0.05, 0) is 39.5 Å². The maximum Gasteiger partial charge on any atom is 0.407 e. The van der Waals surface area contributed by atoms with Crippen LogP contribution in [0.4, 0.5) is 9.59 Å². The van der Waals surface area contributed by atoms with Crippen molar-refractivity contribution in [2.24, 2.45) is 5.92 Å². The second kappa shape index (κ2) is 17.2. The Morgan fingerprint density at radius 2 is 1.66 bits per heavy atom. The molecule has 0 saturated heterocycles. The highest BCUT2D eigenvalue weighted by atomic mass is 32.1. The quantitative estimate of drug-likeness (QED) is 0.246. The van der Waals surface area contributed by atoms with Crippen LogP contribution in [0.2, 0.25) is 0 Å². The summed E-state index contributed by atoms with van der Waals surface area (Å²) in [6.07, 6.45) is 1.87. The van der Waals surface area contributed by atoms with E-state index in [1.165, 1.54) is 16.2 Å². The molecule has 11 nitrogen and oxygen atoms in total. The van der Waals surface area contributed by atoms with Gasteiger partial charge in [-0.1, -0.05) is 27.7 Å². The van der Waals surface area contributed by atoms with Gasteiger partial charge < -0.3 is 30.3 Å². The highest BCUT2D eigenvalue weighted by Gasteiger charge is 2.30. The first kappa shape index (κ1) is 34.4. The summed E-state index contributed by atoms with van der Waals surface area (Å²) in [6.45, 7) is 14.8. The number of ether oxygens (including phenoxy) is 2. The number of nitrogens with one attached hydrogen (secondary N) is 3. The Hall–Kier alpha value is -2.77. The van der Waals surface area contributed by atoms with Crippen molar-refractivity contribution in [1.29, 1.82) is 0 Å². The second-order valence-corrected chi connectivity index (χ2v) is 13.0. The number of hydrogen-bond acceptors (Lipinski definition) is 9. The molecular formula is C28H46N6O5S2. The third-order valence-electron chi connectivity index (χ3n) is 6.15. The summed E-state index contributed by atoms with van der Waals surface area (Å²) in [4.78, 5) is 49.4. The number of carbonyl (C=O) groups is 3. The van der Waals surface area contributed by atoms with E-state index in [-0.39, 0.29) is 36.5 Å². The van der Waals surface area contributed by atoms with Gasteiger partial charge in [-0.25, -0.2) is 14.6 Å². The summed E-state index contributed by atoms with van der Waals surface area (Å²) in [6, 6.07) is -1.61. The maximum absolute atomic E-state index is 13.3. The fraction of sp³-hybridized carbons (Fsp3) is 0.679. The van der Waals surface area contributed by atoms with E-state index >= 15 is 0 Å². The van der Waals surface area contributed by atoms with E-state index in [1.54, 1.807) is 37.0 Å². The lowest BCUT2D eigenvalue weighted by molar-refractivity contribution is -0.127. The Labute approximate surface area is 251 Å². The molecule has 2 aromatic heterocycles. The van der Waals surface area contributed by atoms with Crippen molar-refractivity contribution in [1.82, 2.24) is 30.8 Å². The summed E-state index contributed by atoms with van der Waals surface area (Å²) in [5.41, 5.74) is 2.50. The van der Waals surface area contributed by atoms with E-state index in [0.717, 1.165) is 15.6 Å². The second-order valence-electron chi connectivity index (χ2n) is 11.1. The zero-order chi connectivity index (χ0) is 30.5. The Balaban J connectivity index is 1.89. The summed E-state index contributed by atoms with van der Waals surface area (Å²) in [7, 11) is 1.68. The van der Waals surface area contributed by atoms with E-state index < -0.39 is 18.2 Å². The highest BCUT2D eigenvalue weighted by Crippen LogP contribution is 2.20. The minimum atomic E-state index is -0.884. The molecule has 0 radical (unpaired) electrons. The minimum Gasteiger partial charge on any atom is -0.444 e. The third-order valence-corrected chi connectivity index (χ3v) is 8.09. The number of thiazole rings is 2. The van der Waals surface area contributed by atoms with Crippen LogP contribution in [-0.4, -0.2) is 70.8 Å². The normalized spacial score (nSPS) is 14.3. The predicted octanol–water partition coefficient (Wildman–Crippen LogP) is 4.89. The van der Waals surface area contributed by atoms with Gasteiger partial charge >= 0.3 is 12.1 Å². The molecular weight excluding hydrogens is 564 g/mol. The van der Waals surface area contributed by atoms with Crippen molar-refractivity contribution in [3.63, 3.8) is 0 Å². The average Bonchev–Trinajstić information content (AvgIpc) is 3.60. The fourth-order valence-corrected chi connectivity index (χ4v) is 5.06. The number of amides is 4. The molecule has 0 aliphatic carbocycles. The Morgan fingerprint density at radius 3 is 2.24 bits per heavy atom. The van der Waals surface area contributed by atoms with Crippen molar-refractivity contribution >= 4 is 40.7 Å². The van der Waals surface area contributed by atoms with Crippen molar-refractivity contribution in [2.45, 2.75) is 105 Å². The molecule has 0 spiro atoms. The molecule has 0 bridgehead atoms. The van der Waals surface area contributed by atoms with Crippen molar-refractivity contribution in [3.05, 3.63) is 32.7 Å². The van der Waals surface area contributed by atoms with E-state index in [0.29, 0.717) is 31.9 Å². The smallest absolute Gasteiger partial charge is 0.407 e. The Kier molecular flexibility index (Phi) is 14.5. The van der Waals surface area contributed by atoms with Gasteiger partial charge in [0.1, 0.15) is 12.6 Å². The molecule has 4 amide bonds. The molecule has 2 aromatic rings. The fourth-order valence-electron chi connectivity index (χ4n) is 3.72. The molecule has 4 atom stereocenters. The monoisotopic (exact) mass is 610 g/mol. The SMILES string of the molecule is CC(C)COC(C)C(NC(=O)N(C)Cc1csc(C(C)C)n1)C(=O)NC(C)CCC(C)NC(=O)OCc1cncs1. The topological polar surface area (TPSA) is 135 Å². The lowest BCUT2D eigenvalue weighted by Gasteiger charge is -2.29. The van der Waals surface area contributed by atoms with Crippen molar-refractivity contribution in [3.8, 4) is 0 Å². The molecule has 0 aliphatic heterocycles. The van der Waals surface area contributed by atoms with Crippen LogP contribution in [0, 0.1) is 5.92 Å². The first-order valence-corrected chi connectivity index (χ1v) is 15.8. The Morgan fingerprint density at radius 1 is 0.976 bits per heavy atom. The summed E-state index contributed by atoms with van der Waals surface area (Å²) >= 11 is 3.00. The van der Waals surface area contributed by atoms with Gasteiger partial charge in [0.15, 0.2) is 0 Å². The van der Waals surface area contributed by atoms with Gasteiger partial charge in [0.05, 0.1) is 33.7 Å². The van der Waals surface area contributed by atoms with Crippen molar-refractivity contribution < 1.29 is 23.9 Å². The molecule has 0 aromatic carbocycles. The van der Waals surface area contributed by atoms with Gasteiger partial charge in [0.2, 0.25) is 5.91 Å². The summed E-state index contributed by atoms with van der Waals surface area (Å²) in [5.74, 6) is 0.278. The largest absolute Gasteiger partial charge is 0.444 e. The molecule has 2 heterocycles. The molecule has 3 N–H and O–H groups in total. The van der Waals surface area contributed by atoms with Gasteiger partial charge in [-0.2, -0.15) is 0 Å². The van der Waals surface area contributed by atoms with Crippen LogP contribution < -0.4 is 16.0 Å². The number of rotatable bonds is 16. The van der Waals surface area contributed by atoms with Crippen LogP contribution in [0.15, 0.2) is 17.1 Å². The molecule has 2 rings (SSSR count). The zero-order valence-corrected chi connectivity index (χ0v) is 27.1. The van der Waals surface area contributed by atoms with Crippen LogP contribution in [0.5, 0.6) is 0 Å². The van der Waals surface area contributed by atoms with Crippen LogP contribution >= 0.6 is 22.7 Å². The summed E-state index contributed by atoms with van der Waals surface area (Å²) < 4.78 is 11.1. The first-order chi connectivity index (χ1) is 19.3. The van der Waals surface area contributed by atoms with E-state index in [4.69, 9.17) is 9.47 Å². The minimum absolute atomic E-state index is 0.150. The predicted molar refractivity (Wildman–Crippen MR) is 162 cm³/mol. The molecule has 4 unspecified atom stereocenters. The Bertz CT molecular complexity index is 1080. The molecule has 0 saturated carbocycles. The average molecular weight is 611 g/mol. The van der Waals surface area contributed by atoms with Crippen LogP contribution in [-0.2, 0) is 27.4 Å². The van der Waals surface area contributed by atoms with Crippen LogP contribution in [0.25, 0.3) is 0 Å². The number of aromatic nitrogens is 2. The van der Waals surface area contributed by atoms with Gasteiger partial charge in [0, 0.05) is 43.2 Å². The summed E-state index contributed by atoms with van der Waals surface area (Å²) in [5, 5.41) is 11.6.